The van der Waals surface area contributed by atoms with E-state index in [4.69, 9.17) is 0 Å². The van der Waals surface area contributed by atoms with E-state index in [-0.39, 0.29) is 5.91 Å². The summed E-state index contributed by atoms with van der Waals surface area (Å²) in [4.78, 5) is 17.3. The molecule has 1 amide bonds. The van der Waals surface area contributed by atoms with Gasteiger partial charge in [-0.05, 0) is 62.7 Å². The first-order chi connectivity index (χ1) is 13.9. The zero-order valence-corrected chi connectivity index (χ0v) is 17.8. The average molecular weight is 414 g/mol. The molecular weight excluding hydrogens is 386 g/mol. The highest BCUT2D eigenvalue weighted by Crippen LogP contribution is 2.31. The normalized spacial score (nSPS) is 18.5. The molecule has 0 radical (unpaired) electrons. The SMILES string of the molecule is Cc1ccc(C(=O)N2CCCc3cc(S(=O)(=O)N4CCN(C)CC4)ccc32)cc1. The fraction of sp³-hybridized carbons (Fsp3) is 0.409. The molecule has 1 fully saturated rings. The summed E-state index contributed by atoms with van der Waals surface area (Å²) in [6.07, 6.45) is 1.60. The molecule has 0 spiro atoms. The third-order valence-corrected chi connectivity index (χ3v) is 7.71. The van der Waals surface area contributed by atoms with E-state index in [1.54, 1.807) is 27.4 Å². The number of sulfonamides is 1. The monoisotopic (exact) mass is 413 g/mol. The van der Waals surface area contributed by atoms with Gasteiger partial charge in [-0.15, -0.1) is 0 Å². The molecule has 2 aliphatic rings. The van der Waals surface area contributed by atoms with Crippen molar-refractivity contribution in [2.75, 3.05) is 44.7 Å². The predicted octanol–water partition coefficient (Wildman–Crippen LogP) is 2.52. The second kappa shape index (κ2) is 7.89. The van der Waals surface area contributed by atoms with Crippen molar-refractivity contribution in [2.45, 2.75) is 24.7 Å². The van der Waals surface area contributed by atoms with Crippen LogP contribution in [-0.2, 0) is 16.4 Å². The maximum atomic E-state index is 13.1. The molecule has 6 nitrogen and oxygen atoms in total. The smallest absolute Gasteiger partial charge is 0.258 e. The Morgan fingerprint density at radius 1 is 0.931 bits per heavy atom. The van der Waals surface area contributed by atoms with Crippen LogP contribution in [0.5, 0.6) is 0 Å². The van der Waals surface area contributed by atoms with Gasteiger partial charge in [0, 0.05) is 44.0 Å². The van der Waals surface area contributed by atoms with E-state index in [0.29, 0.717) is 30.1 Å². The standard InChI is InChI=1S/C22H27N3O3S/c1-17-5-7-18(8-6-17)22(26)25-11-3-4-19-16-20(9-10-21(19)25)29(27,28)24-14-12-23(2)13-15-24/h5-10,16H,3-4,11-15H2,1-2H3. The van der Waals surface area contributed by atoms with Gasteiger partial charge in [0.15, 0.2) is 0 Å². The molecule has 2 aromatic carbocycles. The van der Waals surface area contributed by atoms with E-state index < -0.39 is 10.0 Å². The molecule has 0 bridgehead atoms. The molecule has 0 N–H and O–H groups in total. The molecule has 0 unspecified atom stereocenters. The summed E-state index contributed by atoms with van der Waals surface area (Å²) in [5.41, 5.74) is 3.50. The number of nitrogens with zero attached hydrogens (tertiary/aromatic N) is 3. The van der Waals surface area contributed by atoms with E-state index in [0.717, 1.165) is 42.7 Å². The van der Waals surface area contributed by atoms with Crippen molar-refractivity contribution in [3.05, 3.63) is 59.2 Å². The lowest BCUT2D eigenvalue weighted by Crippen LogP contribution is -2.47. The Hall–Kier alpha value is -2.22. The number of fused-ring (bicyclic) bond motifs is 1. The molecule has 1 saturated heterocycles. The number of carbonyl (C=O) groups excluding carboxylic acids is 1. The predicted molar refractivity (Wildman–Crippen MR) is 114 cm³/mol. The Balaban J connectivity index is 1.62. The van der Waals surface area contributed by atoms with E-state index >= 15 is 0 Å². The number of amides is 1. The van der Waals surface area contributed by atoms with Crippen LogP contribution in [0.1, 0.15) is 27.9 Å². The quantitative estimate of drug-likeness (QED) is 0.776. The molecule has 0 saturated carbocycles. The van der Waals surface area contributed by atoms with Crippen LogP contribution in [-0.4, -0.2) is 63.3 Å². The van der Waals surface area contributed by atoms with Crippen LogP contribution in [0.15, 0.2) is 47.4 Å². The van der Waals surface area contributed by atoms with Crippen molar-refractivity contribution in [3.63, 3.8) is 0 Å². The van der Waals surface area contributed by atoms with Crippen molar-refractivity contribution in [1.82, 2.24) is 9.21 Å². The maximum absolute atomic E-state index is 13.1. The van der Waals surface area contributed by atoms with Gasteiger partial charge in [-0.25, -0.2) is 8.42 Å². The lowest BCUT2D eigenvalue weighted by Gasteiger charge is -2.33. The first-order valence-electron chi connectivity index (χ1n) is 10.1. The first-order valence-corrected chi connectivity index (χ1v) is 11.5. The minimum Gasteiger partial charge on any atom is -0.308 e. The van der Waals surface area contributed by atoms with Crippen LogP contribution in [0.4, 0.5) is 5.69 Å². The summed E-state index contributed by atoms with van der Waals surface area (Å²) in [6, 6.07) is 12.8. The van der Waals surface area contributed by atoms with E-state index in [1.165, 1.54) is 0 Å². The van der Waals surface area contributed by atoms with E-state index in [1.807, 2.05) is 38.2 Å². The number of carbonyl (C=O) groups is 1. The van der Waals surface area contributed by atoms with Gasteiger partial charge in [-0.1, -0.05) is 17.7 Å². The van der Waals surface area contributed by atoms with Gasteiger partial charge in [-0.3, -0.25) is 4.79 Å². The maximum Gasteiger partial charge on any atom is 0.258 e. The van der Waals surface area contributed by atoms with Crippen LogP contribution < -0.4 is 4.90 Å². The molecular formula is C22H27N3O3S. The largest absolute Gasteiger partial charge is 0.308 e. The Labute approximate surface area is 172 Å². The molecule has 0 atom stereocenters. The summed E-state index contributed by atoms with van der Waals surface area (Å²) in [5.74, 6) is -0.0411. The van der Waals surface area contributed by atoms with Crippen molar-refractivity contribution in [3.8, 4) is 0 Å². The molecule has 154 valence electrons. The Kier molecular flexibility index (Phi) is 5.46. The lowest BCUT2D eigenvalue weighted by molar-refractivity contribution is 0.0985. The van der Waals surface area contributed by atoms with Gasteiger partial charge >= 0.3 is 0 Å². The first kappa shape index (κ1) is 20.1. The third-order valence-electron chi connectivity index (χ3n) is 5.81. The average Bonchev–Trinajstić information content (AvgIpc) is 2.73. The molecule has 4 rings (SSSR count). The van der Waals surface area contributed by atoms with Crippen LogP contribution in [0.25, 0.3) is 0 Å². The van der Waals surface area contributed by atoms with Gasteiger partial charge in [0.05, 0.1) is 4.90 Å². The van der Waals surface area contributed by atoms with Crippen molar-refractivity contribution in [1.29, 1.82) is 0 Å². The van der Waals surface area contributed by atoms with Crippen molar-refractivity contribution in [2.24, 2.45) is 0 Å². The fourth-order valence-corrected chi connectivity index (χ4v) is 5.45. The number of piperazine rings is 1. The molecule has 2 aliphatic heterocycles. The number of likely N-dealkylation sites (N-methyl/N-ethyl adjacent to an activating group) is 1. The summed E-state index contributed by atoms with van der Waals surface area (Å²) in [5, 5.41) is 0. The Bertz CT molecular complexity index is 1010. The molecule has 0 aliphatic carbocycles. The molecule has 29 heavy (non-hydrogen) atoms. The van der Waals surface area contributed by atoms with Gasteiger partial charge in [-0.2, -0.15) is 4.31 Å². The second-order valence-corrected chi connectivity index (χ2v) is 9.86. The number of anilines is 1. The summed E-state index contributed by atoms with van der Waals surface area (Å²) in [6.45, 7) is 5.13. The number of rotatable bonds is 3. The number of aryl methyl sites for hydroxylation is 2. The van der Waals surface area contributed by atoms with E-state index in [2.05, 4.69) is 4.90 Å². The Morgan fingerprint density at radius 2 is 1.62 bits per heavy atom. The molecule has 0 aromatic heterocycles. The van der Waals surface area contributed by atoms with Crippen LogP contribution in [0.2, 0.25) is 0 Å². The summed E-state index contributed by atoms with van der Waals surface area (Å²) in [7, 11) is -1.51. The Morgan fingerprint density at radius 3 is 2.31 bits per heavy atom. The van der Waals surface area contributed by atoms with Crippen LogP contribution in [0, 0.1) is 6.92 Å². The van der Waals surface area contributed by atoms with Gasteiger partial charge in [0.1, 0.15) is 0 Å². The lowest BCUT2D eigenvalue weighted by atomic mass is 10.0. The molecule has 2 aromatic rings. The fourth-order valence-electron chi connectivity index (χ4n) is 3.97. The minimum absolute atomic E-state index is 0.0411. The van der Waals surface area contributed by atoms with Gasteiger partial charge in [0.25, 0.3) is 5.91 Å². The topological polar surface area (TPSA) is 60.9 Å². The number of benzene rings is 2. The number of hydrogen-bond donors (Lipinski definition) is 0. The second-order valence-electron chi connectivity index (χ2n) is 7.92. The highest BCUT2D eigenvalue weighted by molar-refractivity contribution is 7.89. The van der Waals surface area contributed by atoms with Crippen molar-refractivity contribution < 1.29 is 13.2 Å². The summed E-state index contributed by atoms with van der Waals surface area (Å²) >= 11 is 0. The zero-order valence-electron chi connectivity index (χ0n) is 17.0. The zero-order chi connectivity index (χ0) is 20.6. The molecule has 2 heterocycles. The minimum atomic E-state index is -3.51. The van der Waals surface area contributed by atoms with Gasteiger partial charge in [0.2, 0.25) is 10.0 Å². The highest BCUT2D eigenvalue weighted by Gasteiger charge is 2.30. The van der Waals surface area contributed by atoms with Crippen LogP contribution >= 0.6 is 0 Å². The van der Waals surface area contributed by atoms with Crippen LogP contribution in [0.3, 0.4) is 0 Å². The molecule has 7 heteroatoms. The number of hydrogen-bond acceptors (Lipinski definition) is 4. The third kappa shape index (κ3) is 3.95. The summed E-state index contributed by atoms with van der Waals surface area (Å²) < 4.78 is 27.7. The van der Waals surface area contributed by atoms with Crippen molar-refractivity contribution >= 4 is 21.6 Å². The van der Waals surface area contributed by atoms with Gasteiger partial charge < -0.3 is 9.80 Å². The highest BCUT2D eigenvalue weighted by atomic mass is 32.2. The van der Waals surface area contributed by atoms with E-state index in [9.17, 15) is 13.2 Å².